The van der Waals surface area contributed by atoms with E-state index in [1.807, 2.05) is 0 Å². The van der Waals surface area contributed by atoms with E-state index in [2.05, 4.69) is 5.32 Å². The van der Waals surface area contributed by atoms with Crippen LogP contribution in [0.2, 0.25) is 5.02 Å². The number of nitrogens with one attached hydrogen (secondary N) is 1. The van der Waals surface area contributed by atoms with Gasteiger partial charge in [0.15, 0.2) is 0 Å². The number of nitro groups is 1. The fraction of sp³-hybridized carbons (Fsp3) is 0.136. The highest BCUT2D eigenvalue weighted by molar-refractivity contribution is 7.92. The van der Waals surface area contributed by atoms with Crippen LogP contribution in [-0.2, 0) is 14.8 Å². The summed E-state index contributed by atoms with van der Waals surface area (Å²) in [4.78, 5) is 23.0. The highest BCUT2D eigenvalue weighted by atomic mass is 35.5. The molecular formula is C22H20ClN3O6S. The Morgan fingerprint density at radius 3 is 2.42 bits per heavy atom. The van der Waals surface area contributed by atoms with Crippen LogP contribution in [0.4, 0.5) is 17.1 Å². The topological polar surface area (TPSA) is 119 Å². The maximum absolute atomic E-state index is 13.4. The predicted octanol–water partition coefficient (Wildman–Crippen LogP) is 4.48. The summed E-state index contributed by atoms with van der Waals surface area (Å²) in [5, 5.41) is 13.7. The fourth-order valence-electron chi connectivity index (χ4n) is 3.00. The van der Waals surface area contributed by atoms with Crippen LogP contribution in [0.15, 0.2) is 77.7 Å². The van der Waals surface area contributed by atoms with E-state index in [9.17, 15) is 23.3 Å². The lowest BCUT2D eigenvalue weighted by Gasteiger charge is -2.24. The Morgan fingerprint density at radius 2 is 1.76 bits per heavy atom. The van der Waals surface area contributed by atoms with Gasteiger partial charge in [0, 0.05) is 6.07 Å². The molecule has 0 aliphatic rings. The number of para-hydroxylation sites is 3. The smallest absolute Gasteiger partial charge is 0.289 e. The quantitative estimate of drug-likeness (QED) is 0.349. The molecule has 9 nitrogen and oxygen atoms in total. The molecular weight excluding hydrogens is 470 g/mol. The number of amides is 1. The molecule has 0 fully saturated rings. The molecule has 0 atom stereocenters. The molecule has 1 amide bonds. The molecule has 0 aliphatic carbocycles. The molecule has 33 heavy (non-hydrogen) atoms. The van der Waals surface area contributed by atoms with Crippen molar-refractivity contribution in [1.29, 1.82) is 0 Å². The van der Waals surface area contributed by atoms with Gasteiger partial charge in [-0.15, -0.1) is 0 Å². The molecule has 0 unspecified atom stereocenters. The normalized spacial score (nSPS) is 11.0. The minimum absolute atomic E-state index is 0.199. The minimum Gasteiger partial charge on any atom is -0.492 e. The van der Waals surface area contributed by atoms with E-state index in [0.29, 0.717) is 18.0 Å². The van der Waals surface area contributed by atoms with Crippen molar-refractivity contribution in [2.75, 3.05) is 22.8 Å². The van der Waals surface area contributed by atoms with E-state index in [0.717, 1.165) is 22.5 Å². The van der Waals surface area contributed by atoms with Crippen LogP contribution in [0, 0.1) is 10.1 Å². The number of halogens is 1. The van der Waals surface area contributed by atoms with E-state index in [1.165, 1.54) is 12.1 Å². The second-order valence-corrected chi connectivity index (χ2v) is 8.96. The van der Waals surface area contributed by atoms with Crippen molar-refractivity contribution in [2.45, 2.75) is 11.8 Å². The van der Waals surface area contributed by atoms with E-state index < -0.39 is 33.1 Å². The molecule has 0 saturated heterocycles. The van der Waals surface area contributed by atoms with Crippen LogP contribution in [0.25, 0.3) is 0 Å². The highest BCUT2D eigenvalue weighted by Crippen LogP contribution is 2.31. The van der Waals surface area contributed by atoms with Crippen LogP contribution in [0.3, 0.4) is 0 Å². The maximum Gasteiger partial charge on any atom is 0.289 e. The standard InChI is InChI=1S/C22H20ClN3O6S/c1-2-32-21-11-7-6-10-19(21)24-22(27)15-25(16-8-4-3-5-9-16)33(30,31)17-12-13-18(23)20(14-17)26(28)29/h3-14H,2,15H2,1H3,(H,24,27). The van der Waals surface area contributed by atoms with Crippen molar-refractivity contribution in [3.05, 3.63) is 87.9 Å². The number of anilines is 2. The van der Waals surface area contributed by atoms with Gasteiger partial charge in [-0.1, -0.05) is 41.9 Å². The number of hydrogen-bond donors (Lipinski definition) is 1. The second kappa shape index (κ2) is 10.3. The van der Waals surface area contributed by atoms with Crippen molar-refractivity contribution >= 4 is 44.6 Å². The average Bonchev–Trinajstić information content (AvgIpc) is 2.79. The monoisotopic (exact) mass is 489 g/mol. The van der Waals surface area contributed by atoms with Crippen molar-refractivity contribution in [1.82, 2.24) is 0 Å². The molecule has 0 aromatic heterocycles. The van der Waals surface area contributed by atoms with Gasteiger partial charge in [-0.25, -0.2) is 8.42 Å². The summed E-state index contributed by atoms with van der Waals surface area (Å²) in [5.41, 5.74) is 0.0427. The summed E-state index contributed by atoms with van der Waals surface area (Å²) < 4.78 is 33.2. The Bertz CT molecular complexity index is 1270. The maximum atomic E-state index is 13.4. The number of carbonyl (C=O) groups excluding carboxylic acids is 1. The largest absolute Gasteiger partial charge is 0.492 e. The van der Waals surface area contributed by atoms with Gasteiger partial charge >= 0.3 is 0 Å². The summed E-state index contributed by atoms with van der Waals surface area (Å²) in [7, 11) is -4.36. The summed E-state index contributed by atoms with van der Waals surface area (Å²) in [6.45, 7) is 1.60. The second-order valence-electron chi connectivity index (χ2n) is 6.69. The lowest BCUT2D eigenvalue weighted by molar-refractivity contribution is -0.384. The number of sulfonamides is 1. The molecule has 0 aliphatic heterocycles. The van der Waals surface area contributed by atoms with Gasteiger partial charge in [-0.3, -0.25) is 19.2 Å². The third-order valence-corrected chi connectivity index (χ3v) is 6.58. The predicted molar refractivity (Wildman–Crippen MR) is 125 cm³/mol. The average molecular weight is 490 g/mol. The van der Waals surface area contributed by atoms with Gasteiger partial charge in [0.2, 0.25) is 5.91 Å². The molecule has 0 heterocycles. The molecule has 3 rings (SSSR count). The zero-order chi connectivity index (χ0) is 24.0. The highest BCUT2D eigenvalue weighted by Gasteiger charge is 2.29. The molecule has 172 valence electrons. The van der Waals surface area contributed by atoms with Crippen LogP contribution < -0.4 is 14.4 Å². The fourth-order valence-corrected chi connectivity index (χ4v) is 4.63. The van der Waals surface area contributed by atoms with Gasteiger partial charge in [0.25, 0.3) is 15.7 Å². The first-order valence-corrected chi connectivity index (χ1v) is 11.6. The van der Waals surface area contributed by atoms with E-state index in [-0.39, 0.29) is 15.6 Å². The Hall–Kier alpha value is -3.63. The van der Waals surface area contributed by atoms with Gasteiger partial charge < -0.3 is 10.1 Å². The number of ether oxygens (including phenoxy) is 1. The van der Waals surface area contributed by atoms with Crippen molar-refractivity contribution in [2.24, 2.45) is 0 Å². The Balaban J connectivity index is 1.97. The molecule has 3 aromatic carbocycles. The SMILES string of the molecule is CCOc1ccccc1NC(=O)CN(c1ccccc1)S(=O)(=O)c1ccc(Cl)c([N+](=O)[O-])c1. The van der Waals surface area contributed by atoms with Gasteiger partial charge in [-0.2, -0.15) is 0 Å². The molecule has 11 heteroatoms. The molecule has 1 N–H and O–H groups in total. The first-order chi connectivity index (χ1) is 15.7. The Kier molecular flexibility index (Phi) is 7.52. The number of nitro benzene ring substituents is 1. The Labute approximate surface area is 195 Å². The minimum atomic E-state index is -4.36. The van der Waals surface area contributed by atoms with E-state index in [4.69, 9.17) is 16.3 Å². The van der Waals surface area contributed by atoms with Crippen molar-refractivity contribution in [3.8, 4) is 5.75 Å². The van der Waals surface area contributed by atoms with Gasteiger partial charge in [0.1, 0.15) is 17.3 Å². The number of carbonyl (C=O) groups is 1. The van der Waals surface area contributed by atoms with Crippen molar-refractivity contribution in [3.63, 3.8) is 0 Å². The zero-order valence-corrected chi connectivity index (χ0v) is 19.0. The van der Waals surface area contributed by atoms with Crippen LogP contribution >= 0.6 is 11.6 Å². The lowest BCUT2D eigenvalue weighted by atomic mass is 10.3. The third kappa shape index (κ3) is 5.60. The number of hydrogen-bond acceptors (Lipinski definition) is 6. The van der Waals surface area contributed by atoms with Gasteiger partial charge in [0.05, 0.1) is 27.8 Å². The first kappa shape index (κ1) is 24.0. The molecule has 0 radical (unpaired) electrons. The molecule has 3 aromatic rings. The number of benzene rings is 3. The van der Waals surface area contributed by atoms with Gasteiger partial charge in [-0.05, 0) is 43.3 Å². The molecule has 0 saturated carbocycles. The van der Waals surface area contributed by atoms with Crippen molar-refractivity contribution < 1.29 is 22.9 Å². The summed E-state index contributed by atoms with van der Waals surface area (Å²) in [5.74, 6) is -0.186. The third-order valence-electron chi connectivity index (χ3n) is 4.49. The summed E-state index contributed by atoms with van der Waals surface area (Å²) in [6, 6.07) is 17.9. The first-order valence-electron chi connectivity index (χ1n) is 9.77. The number of rotatable bonds is 9. The summed E-state index contributed by atoms with van der Waals surface area (Å²) >= 11 is 5.83. The lowest BCUT2D eigenvalue weighted by Crippen LogP contribution is -2.38. The molecule has 0 bridgehead atoms. The summed E-state index contributed by atoms with van der Waals surface area (Å²) in [6.07, 6.45) is 0. The van der Waals surface area contributed by atoms with Crippen LogP contribution in [-0.4, -0.2) is 32.4 Å². The molecule has 0 spiro atoms. The zero-order valence-electron chi connectivity index (χ0n) is 17.5. The van der Waals surface area contributed by atoms with E-state index in [1.54, 1.807) is 49.4 Å². The van der Waals surface area contributed by atoms with Crippen LogP contribution in [0.1, 0.15) is 6.92 Å². The van der Waals surface area contributed by atoms with E-state index >= 15 is 0 Å². The Morgan fingerprint density at radius 1 is 1.09 bits per heavy atom. The van der Waals surface area contributed by atoms with Crippen LogP contribution in [0.5, 0.6) is 5.75 Å². The number of nitrogens with zero attached hydrogens (tertiary/aromatic N) is 2.